The second kappa shape index (κ2) is 10.0. The molecule has 7 heteroatoms. The first kappa shape index (κ1) is 19.2. The molecule has 7 nitrogen and oxygen atoms in total. The molecule has 0 bridgehead atoms. The predicted molar refractivity (Wildman–Crippen MR) is 95.7 cm³/mol. The molecule has 1 aromatic rings. The van der Waals surface area contributed by atoms with Gasteiger partial charge in [-0.1, -0.05) is 6.92 Å². The van der Waals surface area contributed by atoms with Crippen molar-refractivity contribution in [3.8, 4) is 0 Å². The molecule has 1 aromatic carbocycles. The highest BCUT2D eigenvalue weighted by Crippen LogP contribution is 2.24. The van der Waals surface area contributed by atoms with Crippen molar-refractivity contribution in [1.29, 1.82) is 0 Å². The summed E-state index contributed by atoms with van der Waals surface area (Å²) in [5.74, 6) is -0.0932. The lowest BCUT2D eigenvalue weighted by Gasteiger charge is -2.21. The highest BCUT2D eigenvalue weighted by molar-refractivity contribution is 5.96. The van der Waals surface area contributed by atoms with Crippen LogP contribution in [0.5, 0.6) is 0 Å². The summed E-state index contributed by atoms with van der Waals surface area (Å²) in [6, 6.07) is 5.26. The van der Waals surface area contributed by atoms with Gasteiger partial charge in [0.25, 0.3) is 0 Å². The molecule has 0 fully saturated rings. The molecule has 0 aliphatic rings. The zero-order valence-electron chi connectivity index (χ0n) is 14.3. The van der Waals surface area contributed by atoms with Crippen LogP contribution in [0.3, 0.4) is 0 Å². The van der Waals surface area contributed by atoms with E-state index in [0.717, 1.165) is 25.3 Å². The summed E-state index contributed by atoms with van der Waals surface area (Å²) in [5, 5.41) is 14.8. The number of aliphatic hydroxyl groups is 1. The number of aliphatic hydroxyl groups excluding tert-OH is 1. The number of benzene rings is 1. The largest absolute Gasteiger partial charge is 0.399 e. The topological polar surface area (TPSA) is 93.9 Å². The Labute approximate surface area is 138 Å². The van der Waals surface area contributed by atoms with Crippen molar-refractivity contribution in [1.82, 2.24) is 9.80 Å². The van der Waals surface area contributed by atoms with E-state index in [1.165, 1.54) is 0 Å². The van der Waals surface area contributed by atoms with Gasteiger partial charge in [-0.25, -0.2) is 0 Å². The minimum Gasteiger partial charge on any atom is -0.399 e. The highest BCUT2D eigenvalue weighted by atomic mass is 16.3. The van der Waals surface area contributed by atoms with Crippen LogP contribution < -0.4 is 16.4 Å². The van der Waals surface area contributed by atoms with Crippen molar-refractivity contribution in [2.75, 3.05) is 69.8 Å². The Morgan fingerprint density at radius 1 is 1.22 bits per heavy atom. The maximum atomic E-state index is 12.2. The number of nitrogens with two attached hydrogens (primary N) is 1. The average Bonchev–Trinajstić information content (AvgIpc) is 2.51. The molecule has 0 radical (unpaired) electrons. The number of nitrogens with zero attached hydrogens (tertiary/aromatic N) is 2. The van der Waals surface area contributed by atoms with Gasteiger partial charge in [-0.2, -0.15) is 0 Å². The van der Waals surface area contributed by atoms with Gasteiger partial charge >= 0.3 is 0 Å². The fraction of sp³-hybridized carbons (Fsp3) is 0.562. The van der Waals surface area contributed by atoms with Crippen LogP contribution >= 0.6 is 0 Å². The maximum Gasteiger partial charge on any atom is 0.238 e. The van der Waals surface area contributed by atoms with Crippen molar-refractivity contribution in [2.45, 2.75) is 6.92 Å². The Kier molecular flexibility index (Phi) is 8.39. The molecule has 0 atom stereocenters. The second-order valence-electron chi connectivity index (χ2n) is 5.64. The van der Waals surface area contributed by atoms with Gasteiger partial charge < -0.3 is 26.4 Å². The first-order chi connectivity index (χ1) is 11.0. The zero-order chi connectivity index (χ0) is 17.2. The van der Waals surface area contributed by atoms with E-state index in [4.69, 9.17) is 10.8 Å². The molecule has 1 rings (SSSR count). The number of nitrogens with one attached hydrogen (secondary N) is 2. The highest BCUT2D eigenvalue weighted by Gasteiger charge is 2.10. The number of anilines is 3. The number of hydrogen-bond donors (Lipinski definition) is 4. The molecule has 130 valence electrons. The fourth-order valence-electron chi connectivity index (χ4n) is 2.02. The van der Waals surface area contributed by atoms with E-state index >= 15 is 0 Å². The minimum atomic E-state index is -0.0932. The molecule has 1 amide bonds. The molecule has 0 aliphatic heterocycles. The van der Waals surface area contributed by atoms with E-state index in [1.807, 2.05) is 11.9 Å². The molecular weight excluding hydrogens is 294 g/mol. The predicted octanol–water partition coefficient (Wildman–Crippen LogP) is 0.495. The van der Waals surface area contributed by atoms with E-state index in [9.17, 15) is 4.79 Å². The lowest BCUT2D eigenvalue weighted by molar-refractivity contribution is -0.117. The quantitative estimate of drug-likeness (QED) is 0.468. The SMILES string of the molecule is CCN(C)CCN(C)CC(=O)Nc1cc(N)ccc1NCCO. The summed E-state index contributed by atoms with van der Waals surface area (Å²) in [4.78, 5) is 16.4. The number of rotatable bonds is 10. The summed E-state index contributed by atoms with van der Waals surface area (Å²) < 4.78 is 0. The Balaban J connectivity index is 2.57. The molecule has 0 unspecified atom stereocenters. The van der Waals surface area contributed by atoms with E-state index < -0.39 is 0 Å². The number of carbonyl (C=O) groups excluding carboxylic acids is 1. The Bertz CT molecular complexity index is 495. The van der Waals surface area contributed by atoms with Gasteiger partial charge in [0.2, 0.25) is 5.91 Å². The van der Waals surface area contributed by atoms with Crippen LogP contribution in [0, 0.1) is 0 Å². The number of carbonyl (C=O) groups is 1. The third-order valence-corrected chi connectivity index (χ3v) is 3.56. The monoisotopic (exact) mass is 323 g/mol. The Morgan fingerprint density at radius 2 is 1.91 bits per heavy atom. The van der Waals surface area contributed by atoms with Crippen molar-refractivity contribution in [3.63, 3.8) is 0 Å². The molecule has 5 N–H and O–H groups in total. The summed E-state index contributed by atoms with van der Waals surface area (Å²) >= 11 is 0. The van der Waals surface area contributed by atoms with Crippen LogP contribution in [0.25, 0.3) is 0 Å². The van der Waals surface area contributed by atoms with Crippen molar-refractivity contribution in [2.24, 2.45) is 0 Å². The van der Waals surface area contributed by atoms with Crippen molar-refractivity contribution < 1.29 is 9.90 Å². The number of hydrogen-bond acceptors (Lipinski definition) is 6. The van der Waals surface area contributed by atoms with E-state index in [-0.39, 0.29) is 12.5 Å². The van der Waals surface area contributed by atoms with Crippen LogP contribution in [0.1, 0.15) is 6.92 Å². The van der Waals surface area contributed by atoms with Gasteiger partial charge in [0.05, 0.1) is 24.5 Å². The molecule has 23 heavy (non-hydrogen) atoms. The molecule has 0 aliphatic carbocycles. The normalized spacial score (nSPS) is 11.0. The van der Waals surface area contributed by atoms with Crippen LogP contribution in [0.4, 0.5) is 17.1 Å². The molecule has 0 saturated carbocycles. The van der Waals surface area contributed by atoms with Gasteiger partial charge in [-0.3, -0.25) is 9.69 Å². The molecular formula is C16H29N5O2. The van der Waals surface area contributed by atoms with Gasteiger partial charge in [0.15, 0.2) is 0 Å². The second-order valence-corrected chi connectivity index (χ2v) is 5.64. The summed E-state index contributed by atoms with van der Waals surface area (Å²) in [6.07, 6.45) is 0. The van der Waals surface area contributed by atoms with E-state index in [0.29, 0.717) is 24.5 Å². The van der Waals surface area contributed by atoms with Crippen LogP contribution in [0.15, 0.2) is 18.2 Å². The van der Waals surface area contributed by atoms with Crippen LogP contribution in [0.2, 0.25) is 0 Å². The van der Waals surface area contributed by atoms with Gasteiger partial charge in [0, 0.05) is 25.3 Å². The first-order valence-corrected chi connectivity index (χ1v) is 7.87. The van der Waals surface area contributed by atoms with Gasteiger partial charge in [0.1, 0.15) is 0 Å². The molecule has 0 saturated heterocycles. The number of likely N-dealkylation sites (N-methyl/N-ethyl adjacent to an activating group) is 2. The average molecular weight is 323 g/mol. The molecule has 0 spiro atoms. The van der Waals surface area contributed by atoms with Crippen LogP contribution in [-0.4, -0.2) is 74.2 Å². The minimum absolute atomic E-state index is 0.0193. The summed E-state index contributed by atoms with van der Waals surface area (Å²) in [6.45, 7) is 5.58. The van der Waals surface area contributed by atoms with Crippen LogP contribution in [-0.2, 0) is 4.79 Å². The first-order valence-electron chi connectivity index (χ1n) is 7.87. The summed E-state index contributed by atoms with van der Waals surface area (Å²) in [5.41, 5.74) is 7.73. The number of amides is 1. The van der Waals surface area contributed by atoms with Crippen molar-refractivity contribution in [3.05, 3.63) is 18.2 Å². The standard InChI is InChI=1S/C16H29N5O2/c1-4-20(2)8-9-21(3)12-16(23)19-15-11-13(17)5-6-14(15)18-7-10-22/h5-6,11,18,22H,4,7-10,12,17H2,1-3H3,(H,19,23). The lowest BCUT2D eigenvalue weighted by Crippen LogP contribution is -2.36. The third kappa shape index (κ3) is 7.32. The fourth-order valence-corrected chi connectivity index (χ4v) is 2.02. The Morgan fingerprint density at radius 3 is 2.57 bits per heavy atom. The van der Waals surface area contributed by atoms with E-state index in [2.05, 4.69) is 29.5 Å². The van der Waals surface area contributed by atoms with Crippen molar-refractivity contribution >= 4 is 23.0 Å². The maximum absolute atomic E-state index is 12.2. The van der Waals surface area contributed by atoms with Gasteiger partial charge in [-0.05, 0) is 38.8 Å². The lowest BCUT2D eigenvalue weighted by atomic mass is 10.2. The van der Waals surface area contributed by atoms with E-state index in [1.54, 1.807) is 18.2 Å². The Hall–Kier alpha value is -1.83. The molecule has 0 heterocycles. The zero-order valence-corrected chi connectivity index (χ0v) is 14.3. The third-order valence-electron chi connectivity index (χ3n) is 3.56. The number of nitrogen functional groups attached to an aromatic ring is 1. The smallest absolute Gasteiger partial charge is 0.238 e. The van der Waals surface area contributed by atoms with Gasteiger partial charge in [-0.15, -0.1) is 0 Å². The molecule has 0 aromatic heterocycles. The summed E-state index contributed by atoms with van der Waals surface area (Å²) in [7, 11) is 3.98.